The molecule has 2 aliphatic rings. The van der Waals surface area contributed by atoms with Crippen LogP contribution in [-0.4, -0.2) is 25.8 Å². The van der Waals surface area contributed by atoms with Crippen molar-refractivity contribution in [1.82, 2.24) is 5.32 Å². The van der Waals surface area contributed by atoms with Crippen LogP contribution in [0.15, 0.2) is 0 Å². The van der Waals surface area contributed by atoms with Crippen LogP contribution in [0, 0.1) is 11.3 Å². The highest BCUT2D eigenvalue weighted by Gasteiger charge is 2.24. The molecule has 18 heavy (non-hydrogen) atoms. The predicted octanol–water partition coefficient (Wildman–Crippen LogP) is 3.75. The molecule has 2 saturated carbocycles. The molecular weight excluding hydrogens is 222 g/mol. The van der Waals surface area contributed by atoms with Crippen molar-refractivity contribution in [2.75, 3.05) is 19.8 Å². The molecule has 2 heteroatoms. The molecule has 2 aliphatic carbocycles. The van der Waals surface area contributed by atoms with Crippen molar-refractivity contribution in [2.24, 2.45) is 11.3 Å². The Morgan fingerprint density at radius 3 is 2.72 bits per heavy atom. The molecule has 1 N–H and O–H groups in total. The van der Waals surface area contributed by atoms with Crippen molar-refractivity contribution < 1.29 is 4.74 Å². The van der Waals surface area contributed by atoms with Crippen LogP contribution in [0.25, 0.3) is 0 Å². The normalized spacial score (nSPS) is 28.0. The van der Waals surface area contributed by atoms with Crippen molar-refractivity contribution in [3.05, 3.63) is 0 Å². The van der Waals surface area contributed by atoms with Gasteiger partial charge in [-0.25, -0.2) is 0 Å². The number of rotatable bonds is 7. The summed E-state index contributed by atoms with van der Waals surface area (Å²) in [6, 6.07) is 0.759. The third-order valence-corrected chi connectivity index (χ3v) is 4.52. The van der Waals surface area contributed by atoms with Crippen molar-refractivity contribution in [3.63, 3.8) is 0 Å². The standard InChI is InChI=1S/C16H31NO/c1-16(2)9-3-5-15(8-10-16)17-11-4-12-18-13-14-6-7-14/h14-15,17H,3-13H2,1-2H3. The summed E-state index contributed by atoms with van der Waals surface area (Å²) in [4.78, 5) is 0. The van der Waals surface area contributed by atoms with Crippen molar-refractivity contribution in [3.8, 4) is 0 Å². The highest BCUT2D eigenvalue weighted by Crippen LogP contribution is 2.33. The first-order valence-corrected chi connectivity index (χ1v) is 7.97. The van der Waals surface area contributed by atoms with E-state index in [2.05, 4.69) is 19.2 Å². The molecule has 0 aromatic rings. The van der Waals surface area contributed by atoms with E-state index in [9.17, 15) is 0 Å². The van der Waals surface area contributed by atoms with Gasteiger partial charge in [-0.1, -0.05) is 20.3 Å². The molecule has 1 atom stereocenters. The lowest BCUT2D eigenvalue weighted by Gasteiger charge is -2.22. The maximum absolute atomic E-state index is 5.66. The summed E-state index contributed by atoms with van der Waals surface area (Å²) in [5.74, 6) is 0.905. The van der Waals surface area contributed by atoms with Gasteiger partial charge in [0.05, 0.1) is 0 Å². The van der Waals surface area contributed by atoms with Gasteiger partial charge < -0.3 is 10.1 Å². The Kier molecular flexibility index (Phi) is 5.50. The van der Waals surface area contributed by atoms with E-state index in [1.54, 1.807) is 0 Å². The average Bonchev–Trinajstić information content (AvgIpc) is 3.13. The second-order valence-electron chi connectivity index (χ2n) is 7.12. The van der Waals surface area contributed by atoms with E-state index in [1.165, 1.54) is 51.4 Å². The average molecular weight is 253 g/mol. The number of nitrogens with one attached hydrogen (secondary N) is 1. The molecule has 0 bridgehead atoms. The highest BCUT2D eigenvalue weighted by molar-refractivity contribution is 4.79. The Bertz CT molecular complexity index is 235. The Labute approximate surface area is 113 Å². The van der Waals surface area contributed by atoms with E-state index in [4.69, 9.17) is 4.74 Å². The first-order valence-electron chi connectivity index (χ1n) is 7.97. The van der Waals surface area contributed by atoms with Crippen LogP contribution in [0.5, 0.6) is 0 Å². The lowest BCUT2D eigenvalue weighted by Crippen LogP contribution is -2.30. The fourth-order valence-corrected chi connectivity index (χ4v) is 2.88. The largest absolute Gasteiger partial charge is 0.381 e. The lowest BCUT2D eigenvalue weighted by molar-refractivity contribution is 0.121. The molecule has 0 saturated heterocycles. The van der Waals surface area contributed by atoms with E-state index < -0.39 is 0 Å². The van der Waals surface area contributed by atoms with E-state index in [-0.39, 0.29) is 0 Å². The summed E-state index contributed by atoms with van der Waals surface area (Å²) in [5.41, 5.74) is 0.573. The molecule has 2 nitrogen and oxygen atoms in total. The molecule has 0 heterocycles. The first kappa shape index (κ1) is 14.3. The fraction of sp³-hybridized carbons (Fsp3) is 1.00. The van der Waals surface area contributed by atoms with Crippen LogP contribution in [0.3, 0.4) is 0 Å². The van der Waals surface area contributed by atoms with E-state index in [0.717, 1.165) is 31.7 Å². The van der Waals surface area contributed by atoms with Crippen LogP contribution >= 0.6 is 0 Å². The van der Waals surface area contributed by atoms with Crippen molar-refractivity contribution in [2.45, 2.75) is 71.3 Å². The molecule has 0 amide bonds. The summed E-state index contributed by atoms with van der Waals surface area (Å²) in [6.07, 6.45) is 10.9. The third-order valence-electron chi connectivity index (χ3n) is 4.52. The Morgan fingerprint density at radius 1 is 1.11 bits per heavy atom. The van der Waals surface area contributed by atoms with Crippen molar-refractivity contribution in [1.29, 1.82) is 0 Å². The molecule has 0 spiro atoms. The van der Waals surface area contributed by atoms with Gasteiger partial charge in [0, 0.05) is 19.3 Å². The van der Waals surface area contributed by atoms with Crippen LogP contribution in [-0.2, 0) is 4.74 Å². The van der Waals surface area contributed by atoms with Crippen LogP contribution in [0.4, 0.5) is 0 Å². The second kappa shape index (κ2) is 6.91. The SMILES string of the molecule is CC1(C)CCCC(NCCCOCC2CC2)CC1. The minimum Gasteiger partial charge on any atom is -0.381 e. The van der Waals surface area contributed by atoms with Gasteiger partial charge in [-0.3, -0.25) is 0 Å². The number of ether oxygens (including phenoxy) is 1. The predicted molar refractivity (Wildman–Crippen MR) is 76.8 cm³/mol. The Hall–Kier alpha value is -0.0800. The summed E-state index contributed by atoms with van der Waals surface area (Å²) >= 11 is 0. The third kappa shape index (κ3) is 5.71. The van der Waals surface area contributed by atoms with E-state index in [1.807, 2.05) is 0 Å². The zero-order chi connectivity index (χ0) is 12.8. The van der Waals surface area contributed by atoms with Gasteiger partial charge in [0.1, 0.15) is 0 Å². The van der Waals surface area contributed by atoms with Gasteiger partial charge in [0.2, 0.25) is 0 Å². The summed E-state index contributed by atoms with van der Waals surface area (Å²) < 4.78 is 5.66. The smallest absolute Gasteiger partial charge is 0.0494 e. The molecule has 2 fully saturated rings. The molecule has 106 valence electrons. The zero-order valence-electron chi connectivity index (χ0n) is 12.3. The Balaban J connectivity index is 1.47. The lowest BCUT2D eigenvalue weighted by atomic mass is 9.85. The number of hydrogen-bond acceptors (Lipinski definition) is 2. The zero-order valence-corrected chi connectivity index (χ0v) is 12.3. The molecule has 1 unspecified atom stereocenters. The highest BCUT2D eigenvalue weighted by atomic mass is 16.5. The molecule has 0 aliphatic heterocycles. The maximum atomic E-state index is 5.66. The van der Waals surface area contributed by atoms with Gasteiger partial charge in [0.15, 0.2) is 0 Å². The van der Waals surface area contributed by atoms with E-state index in [0.29, 0.717) is 5.41 Å². The molecule has 0 aromatic heterocycles. The maximum Gasteiger partial charge on any atom is 0.0494 e. The molecule has 0 aromatic carbocycles. The minimum absolute atomic E-state index is 0.573. The van der Waals surface area contributed by atoms with Crippen molar-refractivity contribution >= 4 is 0 Å². The van der Waals surface area contributed by atoms with Gasteiger partial charge in [-0.2, -0.15) is 0 Å². The topological polar surface area (TPSA) is 21.3 Å². The molecule has 2 rings (SSSR count). The quantitative estimate of drug-likeness (QED) is 0.551. The van der Waals surface area contributed by atoms with Gasteiger partial charge in [-0.15, -0.1) is 0 Å². The van der Waals surface area contributed by atoms with Gasteiger partial charge in [-0.05, 0) is 62.8 Å². The van der Waals surface area contributed by atoms with Gasteiger partial charge >= 0.3 is 0 Å². The second-order valence-corrected chi connectivity index (χ2v) is 7.12. The van der Waals surface area contributed by atoms with Crippen LogP contribution < -0.4 is 5.32 Å². The van der Waals surface area contributed by atoms with Crippen LogP contribution in [0.1, 0.15) is 65.2 Å². The summed E-state index contributed by atoms with van der Waals surface area (Å²) in [6.45, 7) is 7.93. The van der Waals surface area contributed by atoms with Gasteiger partial charge in [0.25, 0.3) is 0 Å². The summed E-state index contributed by atoms with van der Waals surface area (Å²) in [7, 11) is 0. The monoisotopic (exact) mass is 253 g/mol. The molecule has 0 radical (unpaired) electrons. The first-order chi connectivity index (χ1) is 8.66. The fourth-order valence-electron chi connectivity index (χ4n) is 2.88. The number of hydrogen-bond donors (Lipinski definition) is 1. The van der Waals surface area contributed by atoms with E-state index >= 15 is 0 Å². The van der Waals surface area contributed by atoms with Crippen LogP contribution in [0.2, 0.25) is 0 Å². The Morgan fingerprint density at radius 2 is 1.94 bits per heavy atom. The summed E-state index contributed by atoms with van der Waals surface area (Å²) in [5, 5.41) is 3.72. The molecular formula is C16H31NO. The minimum atomic E-state index is 0.573.